The highest BCUT2D eigenvalue weighted by atomic mass is 32.2. The molecular formula is C27H31NO4S2. The first-order valence-corrected chi connectivity index (χ1v) is 13.0. The number of benzene rings is 2. The second kappa shape index (κ2) is 13.3. The summed E-state index contributed by atoms with van der Waals surface area (Å²) in [4.78, 5) is 26.7. The topological polar surface area (TPSA) is 66.8 Å². The van der Waals surface area contributed by atoms with Crippen LogP contribution in [0.25, 0.3) is 6.08 Å². The van der Waals surface area contributed by atoms with Crippen LogP contribution in [-0.2, 0) is 16.0 Å². The van der Waals surface area contributed by atoms with Gasteiger partial charge in [0.25, 0.3) is 5.91 Å². The third kappa shape index (κ3) is 7.43. The van der Waals surface area contributed by atoms with E-state index in [1.54, 1.807) is 6.08 Å². The Bertz CT molecular complexity index is 1010. The summed E-state index contributed by atoms with van der Waals surface area (Å²) in [5, 5.41) is 9.78. The van der Waals surface area contributed by atoms with E-state index in [1.165, 1.54) is 37.0 Å². The van der Waals surface area contributed by atoms with Crippen molar-refractivity contribution in [3.63, 3.8) is 0 Å². The van der Waals surface area contributed by atoms with E-state index in [9.17, 15) is 14.7 Å². The van der Waals surface area contributed by atoms with Gasteiger partial charge in [-0.25, -0.2) is 4.79 Å². The van der Waals surface area contributed by atoms with Gasteiger partial charge >= 0.3 is 5.97 Å². The zero-order chi connectivity index (χ0) is 24.3. The van der Waals surface area contributed by atoms with Crippen LogP contribution < -0.4 is 4.74 Å². The molecular weight excluding hydrogens is 466 g/mol. The van der Waals surface area contributed by atoms with Crippen LogP contribution in [0, 0.1) is 0 Å². The molecule has 0 radical (unpaired) electrons. The Hall–Kier alpha value is -2.64. The molecule has 0 spiro atoms. The Morgan fingerprint density at radius 1 is 1.06 bits per heavy atom. The Labute approximate surface area is 211 Å². The van der Waals surface area contributed by atoms with E-state index >= 15 is 0 Å². The van der Waals surface area contributed by atoms with Gasteiger partial charge < -0.3 is 9.84 Å². The van der Waals surface area contributed by atoms with E-state index in [0.717, 1.165) is 35.1 Å². The first kappa shape index (κ1) is 26.0. The maximum Gasteiger partial charge on any atom is 0.327 e. The summed E-state index contributed by atoms with van der Waals surface area (Å²) in [6.07, 6.45) is 9.26. The van der Waals surface area contributed by atoms with E-state index < -0.39 is 12.0 Å². The Balaban J connectivity index is 1.59. The van der Waals surface area contributed by atoms with Crippen molar-refractivity contribution in [3.05, 3.63) is 70.6 Å². The number of hydrogen-bond acceptors (Lipinski definition) is 5. The molecule has 0 bridgehead atoms. The number of ether oxygens (including phenoxy) is 1. The van der Waals surface area contributed by atoms with Crippen molar-refractivity contribution in [2.24, 2.45) is 0 Å². The predicted octanol–water partition coefficient (Wildman–Crippen LogP) is 6.32. The summed E-state index contributed by atoms with van der Waals surface area (Å²) < 4.78 is 6.08. The molecule has 1 fully saturated rings. The second-order valence-electron chi connectivity index (χ2n) is 8.28. The van der Waals surface area contributed by atoms with E-state index in [2.05, 4.69) is 6.92 Å². The standard InChI is InChI=1S/C27H31NO4S2/c1-2-3-4-5-6-10-17-32-22-15-13-21(14-16-22)19-24-25(29)28(27(33)34-24)23(26(30)31)18-20-11-8-7-9-12-20/h7-9,11-16,19,23H,2-6,10,17-18H2,1H3,(H,30,31)/b24-19-/t23-/m1/s1. The lowest BCUT2D eigenvalue weighted by atomic mass is 10.0. The van der Waals surface area contributed by atoms with Gasteiger partial charge in [-0.05, 0) is 35.8 Å². The van der Waals surface area contributed by atoms with Crippen molar-refractivity contribution >= 4 is 46.3 Å². The summed E-state index contributed by atoms with van der Waals surface area (Å²) in [6.45, 7) is 2.91. The molecule has 0 saturated carbocycles. The average Bonchev–Trinajstić information content (AvgIpc) is 3.11. The lowest BCUT2D eigenvalue weighted by molar-refractivity contribution is -0.145. The number of carbonyl (C=O) groups excluding carboxylic acids is 1. The molecule has 1 aliphatic heterocycles. The van der Waals surface area contributed by atoms with Gasteiger partial charge in [0.2, 0.25) is 0 Å². The summed E-state index contributed by atoms with van der Waals surface area (Å²) in [5.74, 6) is -0.651. The van der Waals surface area contributed by atoms with Gasteiger partial charge in [-0.15, -0.1) is 0 Å². The number of carboxylic acid groups (broad SMARTS) is 1. The fourth-order valence-electron chi connectivity index (χ4n) is 3.76. The Morgan fingerprint density at radius 2 is 1.74 bits per heavy atom. The molecule has 1 amide bonds. The number of nitrogens with zero attached hydrogens (tertiary/aromatic N) is 1. The molecule has 34 heavy (non-hydrogen) atoms. The van der Waals surface area contributed by atoms with Crippen LogP contribution in [-0.4, -0.2) is 38.9 Å². The van der Waals surface area contributed by atoms with Crippen molar-refractivity contribution in [3.8, 4) is 5.75 Å². The summed E-state index contributed by atoms with van der Waals surface area (Å²) in [5.41, 5.74) is 1.67. The summed E-state index contributed by atoms with van der Waals surface area (Å²) in [7, 11) is 0. The molecule has 0 unspecified atom stereocenters. The minimum atomic E-state index is -1.08. The van der Waals surface area contributed by atoms with Crippen molar-refractivity contribution in [2.75, 3.05) is 6.61 Å². The van der Waals surface area contributed by atoms with Crippen LogP contribution in [0.15, 0.2) is 59.5 Å². The molecule has 7 heteroatoms. The molecule has 1 aliphatic rings. The zero-order valence-corrected chi connectivity index (χ0v) is 21.1. The van der Waals surface area contributed by atoms with Crippen LogP contribution in [0.4, 0.5) is 0 Å². The number of rotatable bonds is 13. The number of carbonyl (C=O) groups is 2. The normalized spacial score (nSPS) is 15.7. The van der Waals surface area contributed by atoms with Crippen LogP contribution >= 0.6 is 24.0 Å². The number of unbranched alkanes of at least 4 members (excludes halogenated alkanes) is 5. The minimum absolute atomic E-state index is 0.195. The first-order valence-electron chi connectivity index (χ1n) is 11.8. The van der Waals surface area contributed by atoms with Crippen LogP contribution in [0.2, 0.25) is 0 Å². The number of amides is 1. The zero-order valence-electron chi connectivity index (χ0n) is 19.4. The quantitative estimate of drug-likeness (QED) is 0.198. The number of thiocarbonyl (C=S) groups is 1. The van der Waals surface area contributed by atoms with Gasteiger partial charge in [-0.1, -0.05) is 105 Å². The fraction of sp³-hybridized carbons (Fsp3) is 0.370. The fourth-order valence-corrected chi connectivity index (χ4v) is 5.12. The molecule has 2 aromatic rings. The molecule has 1 heterocycles. The average molecular weight is 498 g/mol. The van der Waals surface area contributed by atoms with E-state index in [-0.39, 0.29) is 16.6 Å². The number of carboxylic acids is 1. The van der Waals surface area contributed by atoms with E-state index in [1.807, 2.05) is 54.6 Å². The SMILES string of the molecule is CCCCCCCCOc1ccc(/C=C2\SC(=S)N([C@H](Cc3ccccc3)C(=O)O)C2=O)cc1. The van der Waals surface area contributed by atoms with E-state index in [4.69, 9.17) is 17.0 Å². The number of hydrogen-bond donors (Lipinski definition) is 1. The van der Waals surface area contributed by atoms with Crippen molar-refractivity contribution in [2.45, 2.75) is 57.9 Å². The molecule has 180 valence electrons. The summed E-state index contributed by atoms with van der Waals surface area (Å²) in [6, 6.07) is 15.8. The molecule has 5 nitrogen and oxygen atoms in total. The van der Waals surface area contributed by atoms with Crippen LogP contribution in [0.3, 0.4) is 0 Å². The lowest BCUT2D eigenvalue weighted by Crippen LogP contribution is -2.45. The van der Waals surface area contributed by atoms with Gasteiger partial charge in [-0.2, -0.15) is 0 Å². The van der Waals surface area contributed by atoms with Gasteiger partial charge in [-0.3, -0.25) is 9.69 Å². The van der Waals surface area contributed by atoms with Crippen LogP contribution in [0.1, 0.15) is 56.6 Å². The van der Waals surface area contributed by atoms with Crippen molar-refractivity contribution in [1.29, 1.82) is 0 Å². The number of thioether (sulfide) groups is 1. The molecule has 2 aromatic carbocycles. The summed E-state index contributed by atoms with van der Waals surface area (Å²) >= 11 is 6.52. The molecule has 3 rings (SSSR count). The smallest absolute Gasteiger partial charge is 0.327 e. The maximum absolute atomic E-state index is 13.1. The molecule has 1 atom stereocenters. The highest BCUT2D eigenvalue weighted by molar-refractivity contribution is 8.26. The van der Waals surface area contributed by atoms with Crippen LogP contribution in [0.5, 0.6) is 5.75 Å². The highest BCUT2D eigenvalue weighted by Crippen LogP contribution is 2.35. The van der Waals surface area contributed by atoms with E-state index in [0.29, 0.717) is 11.5 Å². The third-order valence-electron chi connectivity index (χ3n) is 5.64. The molecule has 1 saturated heterocycles. The second-order valence-corrected chi connectivity index (χ2v) is 9.96. The molecule has 0 aliphatic carbocycles. The maximum atomic E-state index is 13.1. The predicted molar refractivity (Wildman–Crippen MR) is 142 cm³/mol. The Kier molecular flexibility index (Phi) is 10.2. The molecule has 1 N–H and O–H groups in total. The largest absolute Gasteiger partial charge is 0.494 e. The van der Waals surface area contributed by atoms with Gasteiger partial charge in [0.15, 0.2) is 0 Å². The third-order valence-corrected chi connectivity index (χ3v) is 6.97. The molecule has 0 aromatic heterocycles. The number of aliphatic carboxylic acids is 1. The highest BCUT2D eigenvalue weighted by Gasteiger charge is 2.40. The van der Waals surface area contributed by atoms with Crippen molar-refractivity contribution < 1.29 is 19.4 Å². The Morgan fingerprint density at radius 3 is 2.41 bits per heavy atom. The van der Waals surface area contributed by atoms with Gasteiger partial charge in [0.1, 0.15) is 16.1 Å². The van der Waals surface area contributed by atoms with Crippen molar-refractivity contribution in [1.82, 2.24) is 4.90 Å². The van der Waals surface area contributed by atoms with Gasteiger partial charge in [0.05, 0.1) is 11.5 Å². The monoisotopic (exact) mass is 497 g/mol. The lowest BCUT2D eigenvalue weighted by Gasteiger charge is -2.23. The van der Waals surface area contributed by atoms with Gasteiger partial charge in [0, 0.05) is 6.42 Å². The first-order chi connectivity index (χ1) is 16.5. The minimum Gasteiger partial charge on any atom is -0.494 e.